The third kappa shape index (κ3) is 15.1. The average molecular weight is 893 g/mol. The molecule has 67 heavy (non-hydrogen) atoms. The number of benzene rings is 7. The molecule has 7 rings (SSSR count). The van der Waals surface area contributed by atoms with Crippen LogP contribution in [0, 0.1) is 0 Å². The van der Waals surface area contributed by atoms with Gasteiger partial charge in [0.05, 0.1) is 19.3 Å². The minimum atomic E-state index is -0.806. The van der Waals surface area contributed by atoms with E-state index in [1.54, 1.807) is 19.1 Å². The van der Waals surface area contributed by atoms with Crippen LogP contribution in [0.1, 0.15) is 35.6 Å². The predicted molar refractivity (Wildman–Crippen MR) is 263 cm³/mol. The highest BCUT2D eigenvalue weighted by atomic mass is 16.6. The molecular formula is C58H52O9. The molecule has 0 aliphatic carbocycles. The Hall–Kier alpha value is -8.40. The van der Waals surface area contributed by atoms with E-state index in [4.69, 9.17) is 18.9 Å². The van der Waals surface area contributed by atoms with Gasteiger partial charge >= 0.3 is 23.9 Å². The van der Waals surface area contributed by atoms with E-state index in [0.717, 1.165) is 56.5 Å². The zero-order valence-corrected chi connectivity index (χ0v) is 37.3. The van der Waals surface area contributed by atoms with Gasteiger partial charge in [-0.15, -0.1) is 0 Å². The van der Waals surface area contributed by atoms with Gasteiger partial charge in [-0.2, -0.15) is 0 Å². The van der Waals surface area contributed by atoms with E-state index in [1.165, 1.54) is 6.08 Å². The van der Waals surface area contributed by atoms with Gasteiger partial charge in [-0.1, -0.05) is 202 Å². The first-order chi connectivity index (χ1) is 32.6. The van der Waals surface area contributed by atoms with Crippen LogP contribution in [-0.4, -0.2) is 43.7 Å². The predicted octanol–water partition coefficient (Wildman–Crippen LogP) is 12.0. The summed E-state index contributed by atoms with van der Waals surface area (Å²) in [7, 11) is 0. The molecule has 0 bridgehead atoms. The van der Waals surface area contributed by atoms with Crippen molar-refractivity contribution in [3.8, 4) is 16.9 Å². The quantitative estimate of drug-likeness (QED) is 0.0168. The number of fused-ring (bicyclic) bond motifs is 1. The fourth-order valence-corrected chi connectivity index (χ4v) is 6.67. The van der Waals surface area contributed by atoms with Crippen molar-refractivity contribution in [1.82, 2.24) is 0 Å². The molecule has 0 fully saturated rings. The van der Waals surface area contributed by atoms with Crippen LogP contribution in [0.4, 0.5) is 0 Å². The summed E-state index contributed by atoms with van der Waals surface area (Å²) in [4.78, 5) is 45.4. The lowest BCUT2D eigenvalue weighted by atomic mass is 9.80. The topological polar surface area (TPSA) is 114 Å². The van der Waals surface area contributed by atoms with Gasteiger partial charge in [-0.25, -0.2) is 14.4 Å². The van der Waals surface area contributed by atoms with Crippen molar-refractivity contribution in [2.75, 3.05) is 19.8 Å². The first-order valence-corrected chi connectivity index (χ1v) is 21.4. The minimum Gasteiger partial charge on any atom is -0.462 e. The number of carbonyl (C=O) groups excluding carboxylic acids is 4. The van der Waals surface area contributed by atoms with Crippen LogP contribution in [0.2, 0.25) is 0 Å². The monoisotopic (exact) mass is 892 g/mol. The van der Waals surface area contributed by atoms with Gasteiger partial charge in [0.2, 0.25) is 0 Å². The van der Waals surface area contributed by atoms with Gasteiger partial charge in [0, 0.05) is 23.1 Å². The molecule has 7 aromatic carbocycles. The number of hydrogen-bond donors (Lipinski definition) is 0. The van der Waals surface area contributed by atoms with E-state index in [-0.39, 0.29) is 26.2 Å². The Morgan fingerprint density at radius 2 is 1.07 bits per heavy atom. The molecular weight excluding hydrogens is 841 g/mol. The summed E-state index contributed by atoms with van der Waals surface area (Å²) >= 11 is 0. The van der Waals surface area contributed by atoms with Crippen LogP contribution in [-0.2, 0) is 43.7 Å². The van der Waals surface area contributed by atoms with E-state index in [2.05, 4.69) is 60.9 Å². The summed E-state index contributed by atoms with van der Waals surface area (Å²) in [6.45, 7) is 12.2. The molecule has 7 aromatic rings. The van der Waals surface area contributed by atoms with E-state index < -0.39 is 29.5 Å². The Morgan fingerprint density at radius 3 is 1.63 bits per heavy atom. The standard InChI is InChI=1S/C25H24O3.C20H18O4.C13H10O2/c1-20(2)24(26)27-18-19-28-25(21-12-6-3-7-13-21,22-14-8-4-9-15-22)23-16-10-5-11-17-23;1-2-23-20(22)14-15-24-19(21)13-10-16-8-11-18(12-9-16)17-6-4-3-5-7-17;1-2-13(14)15-12-9-5-7-10-6-3-4-8-11(10)12/h3-17H,1,18-19H2,2H3;2-13H,1,14-15H2;2-9H,1H2/b;13-10+;. The van der Waals surface area contributed by atoms with Crippen molar-refractivity contribution in [2.45, 2.75) is 18.9 Å². The van der Waals surface area contributed by atoms with Gasteiger partial charge in [0.25, 0.3) is 0 Å². The first-order valence-electron chi connectivity index (χ1n) is 21.4. The molecule has 0 spiro atoms. The Labute approximate surface area is 391 Å². The minimum absolute atomic E-state index is 0.00261. The molecule has 0 heterocycles. The highest BCUT2D eigenvalue weighted by Gasteiger charge is 2.37. The third-order valence-electron chi connectivity index (χ3n) is 9.85. The van der Waals surface area contributed by atoms with Crippen molar-refractivity contribution in [1.29, 1.82) is 0 Å². The van der Waals surface area contributed by atoms with E-state index in [1.807, 2.05) is 146 Å². The highest BCUT2D eigenvalue weighted by molar-refractivity contribution is 5.92. The number of rotatable bonds is 17. The summed E-state index contributed by atoms with van der Waals surface area (Å²) in [6, 6.07) is 61.5. The van der Waals surface area contributed by atoms with Crippen molar-refractivity contribution in [3.63, 3.8) is 0 Å². The largest absolute Gasteiger partial charge is 0.462 e. The number of esters is 4. The Kier molecular flexibility index (Phi) is 19.6. The molecule has 0 aliphatic rings. The zero-order valence-electron chi connectivity index (χ0n) is 37.3. The molecule has 0 aliphatic heterocycles. The van der Waals surface area contributed by atoms with Crippen LogP contribution < -0.4 is 4.74 Å². The summed E-state index contributed by atoms with van der Waals surface area (Å²) in [6.07, 6.45) is 5.19. The van der Waals surface area contributed by atoms with Crippen molar-refractivity contribution in [2.24, 2.45) is 0 Å². The maximum Gasteiger partial charge on any atom is 0.335 e. The maximum atomic E-state index is 11.7. The molecule has 0 saturated carbocycles. The average Bonchev–Trinajstić information content (AvgIpc) is 3.37. The fourth-order valence-electron chi connectivity index (χ4n) is 6.67. The molecule has 0 unspecified atom stereocenters. The number of ether oxygens (including phenoxy) is 5. The molecule has 338 valence electrons. The summed E-state index contributed by atoms with van der Waals surface area (Å²) in [5.41, 5.74) is 5.74. The normalized spacial score (nSPS) is 10.5. The Bertz CT molecular complexity index is 2630. The van der Waals surface area contributed by atoms with Gasteiger partial charge < -0.3 is 23.7 Å². The van der Waals surface area contributed by atoms with E-state index >= 15 is 0 Å². The van der Waals surface area contributed by atoms with Gasteiger partial charge in [-0.05, 0) is 57.8 Å². The van der Waals surface area contributed by atoms with Crippen LogP contribution in [0.15, 0.2) is 232 Å². The van der Waals surface area contributed by atoms with Crippen LogP contribution in [0.3, 0.4) is 0 Å². The summed E-state index contributed by atoms with van der Waals surface area (Å²) in [5.74, 6) is -1.27. The third-order valence-corrected chi connectivity index (χ3v) is 9.85. The van der Waals surface area contributed by atoms with Gasteiger partial charge in [0.1, 0.15) is 24.6 Å². The lowest BCUT2D eigenvalue weighted by molar-refractivity contribution is -0.143. The Balaban J connectivity index is 0.000000196. The number of carbonyl (C=O) groups is 4. The lowest BCUT2D eigenvalue weighted by Gasteiger charge is -2.35. The van der Waals surface area contributed by atoms with Crippen molar-refractivity contribution < 1.29 is 42.9 Å². The molecule has 0 atom stereocenters. The smallest absolute Gasteiger partial charge is 0.335 e. The second-order valence-corrected chi connectivity index (χ2v) is 14.5. The molecule has 0 radical (unpaired) electrons. The molecule has 9 heteroatoms. The molecule has 0 saturated heterocycles. The number of hydrogen-bond acceptors (Lipinski definition) is 9. The SMILES string of the molecule is C=C(C)C(=O)OCCOC(c1ccccc1)(c1ccccc1)c1ccccc1.C=CC(=O)Oc1cccc2ccccc12.C=COC(=O)CCOC(=O)/C=C/c1ccc(-c2ccccc2)cc1. The molecule has 0 amide bonds. The second-order valence-electron chi connectivity index (χ2n) is 14.5. The molecule has 0 N–H and O–H groups in total. The first kappa shape index (κ1) is 49.6. The molecule has 0 aromatic heterocycles. The Morgan fingerprint density at radius 1 is 0.552 bits per heavy atom. The fraction of sp³-hybridized carbons (Fsp3) is 0.103. The zero-order chi connectivity index (χ0) is 47.7. The summed E-state index contributed by atoms with van der Waals surface area (Å²) < 4.78 is 26.3. The van der Waals surface area contributed by atoms with Crippen molar-refractivity contribution in [3.05, 3.63) is 254 Å². The van der Waals surface area contributed by atoms with Crippen LogP contribution >= 0.6 is 0 Å². The van der Waals surface area contributed by atoms with Crippen LogP contribution in [0.25, 0.3) is 28.0 Å². The van der Waals surface area contributed by atoms with Gasteiger partial charge in [-0.3, -0.25) is 4.79 Å². The summed E-state index contributed by atoms with van der Waals surface area (Å²) in [5, 5.41) is 1.97. The van der Waals surface area contributed by atoms with Crippen molar-refractivity contribution >= 4 is 40.7 Å². The van der Waals surface area contributed by atoms with E-state index in [0.29, 0.717) is 11.3 Å². The lowest BCUT2D eigenvalue weighted by Crippen LogP contribution is -2.34. The van der Waals surface area contributed by atoms with E-state index in [9.17, 15) is 19.2 Å². The van der Waals surface area contributed by atoms with Crippen LogP contribution in [0.5, 0.6) is 5.75 Å². The van der Waals surface area contributed by atoms with Gasteiger partial charge in [0.15, 0.2) is 0 Å². The highest BCUT2D eigenvalue weighted by Crippen LogP contribution is 2.40. The second kappa shape index (κ2) is 26.4. The maximum absolute atomic E-state index is 11.7. The molecule has 9 nitrogen and oxygen atoms in total.